The number of nitrogens with one attached hydrogen (secondary N) is 2. The van der Waals surface area contributed by atoms with Gasteiger partial charge in [-0.15, -0.1) is 0 Å². The summed E-state index contributed by atoms with van der Waals surface area (Å²) in [7, 11) is -3.58. The molecule has 1 aromatic carbocycles. The van der Waals surface area contributed by atoms with E-state index in [4.69, 9.17) is 5.73 Å². The highest BCUT2D eigenvalue weighted by Crippen LogP contribution is 2.14. The van der Waals surface area contributed by atoms with Crippen LogP contribution in [0.1, 0.15) is 13.3 Å². The van der Waals surface area contributed by atoms with Crippen molar-refractivity contribution in [2.24, 2.45) is 11.7 Å². The Hall–Kier alpha value is -0.960. The summed E-state index contributed by atoms with van der Waals surface area (Å²) in [5.41, 5.74) is 5.44. The third kappa shape index (κ3) is 6.56. The van der Waals surface area contributed by atoms with Crippen LogP contribution in [0.5, 0.6) is 0 Å². The minimum Gasteiger partial charge on any atom is -0.356 e. The fraction of sp³-hybridized carbons (Fsp3) is 0.462. The number of benzene rings is 1. The first kappa shape index (κ1) is 18.1. The van der Waals surface area contributed by atoms with E-state index in [0.717, 1.165) is 4.47 Å². The molecule has 21 heavy (non-hydrogen) atoms. The quantitative estimate of drug-likeness (QED) is 0.624. The Morgan fingerprint density at radius 1 is 1.33 bits per heavy atom. The summed E-state index contributed by atoms with van der Waals surface area (Å²) in [4.78, 5) is 11.7. The fourth-order valence-electron chi connectivity index (χ4n) is 1.46. The van der Waals surface area contributed by atoms with E-state index >= 15 is 0 Å². The standard InChI is InChI=1S/C13H20BrN3O3S/c1-10(8-15)9-16-13(18)6-7-17-21(19,20)12-4-2-11(14)3-5-12/h2-5,10,17H,6-9,15H2,1H3,(H,16,18). The molecule has 1 rings (SSSR count). The van der Waals surface area contributed by atoms with Crippen molar-refractivity contribution in [3.05, 3.63) is 28.7 Å². The van der Waals surface area contributed by atoms with Crippen molar-refractivity contribution in [3.63, 3.8) is 0 Å². The molecule has 1 unspecified atom stereocenters. The van der Waals surface area contributed by atoms with Gasteiger partial charge >= 0.3 is 0 Å². The molecule has 118 valence electrons. The maximum atomic E-state index is 12.0. The molecule has 1 amide bonds. The number of sulfonamides is 1. The Labute approximate surface area is 133 Å². The third-order valence-corrected chi connectivity index (χ3v) is 4.82. The molecular formula is C13H20BrN3O3S. The predicted molar refractivity (Wildman–Crippen MR) is 85.2 cm³/mol. The van der Waals surface area contributed by atoms with Crippen LogP contribution in [0.3, 0.4) is 0 Å². The highest BCUT2D eigenvalue weighted by Gasteiger charge is 2.14. The van der Waals surface area contributed by atoms with Gasteiger partial charge in [-0.25, -0.2) is 13.1 Å². The average molecular weight is 378 g/mol. The Kier molecular flexibility index (Phi) is 7.30. The molecule has 8 heteroatoms. The summed E-state index contributed by atoms with van der Waals surface area (Å²) in [6, 6.07) is 6.29. The first-order valence-electron chi connectivity index (χ1n) is 6.57. The van der Waals surface area contributed by atoms with Crippen LogP contribution in [0.25, 0.3) is 0 Å². The predicted octanol–water partition coefficient (Wildman–Crippen LogP) is 0.828. The lowest BCUT2D eigenvalue weighted by Crippen LogP contribution is -2.34. The normalized spacial score (nSPS) is 12.9. The fourth-order valence-corrected chi connectivity index (χ4v) is 2.75. The molecule has 6 nitrogen and oxygen atoms in total. The van der Waals surface area contributed by atoms with Crippen molar-refractivity contribution in [1.29, 1.82) is 0 Å². The Balaban J connectivity index is 2.40. The smallest absolute Gasteiger partial charge is 0.240 e. The molecule has 0 spiro atoms. The maximum Gasteiger partial charge on any atom is 0.240 e. The monoisotopic (exact) mass is 377 g/mol. The van der Waals surface area contributed by atoms with Crippen molar-refractivity contribution < 1.29 is 13.2 Å². The van der Waals surface area contributed by atoms with Gasteiger partial charge in [-0.1, -0.05) is 22.9 Å². The van der Waals surface area contributed by atoms with Gasteiger partial charge in [-0.3, -0.25) is 4.79 Å². The number of carbonyl (C=O) groups is 1. The second-order valence-electron chi connectivity index (χ2n) is 4.75. The first-order chi connectivity index (χ1) is 9.85. The van der Waals surface area contributed by atoms with Gasteiger partial charge in [0.25, 0.3) is 0 Å². The van der Waals surface area contributed by atoms with Crippen LogP contribution in [0.15, 0.2) is 33.6 Å². The molecule has 0 saturated heterocycles. The topological polar surface area (TPSA) is 101 Å². The molecule has 1 atom stereocenters. The molecule has 0 bridgehead atoms. The van der Waals surface area contributed by atoms with Gasteiger partial charge in [0, 0.05) is 24.0 Å². The van der Waals surface area contributed by atoms with Gasteiger partial charge in [0.1, 0.15) is 0 Å². The van der Waals surface area contributed by atoms with Crippen molar-refractivity contribution in [3.8, 4) is 0 Å². The molecule has 0 aromatic heterocycles. The molecule has 1 aromatic rings. The summed E-state index contributed by atoms with van der Waals surface area (Å²) in [6.45, 7) is 2.98. The minimum absolute atomic E-state index is 0.0568. The number of hydrogen-bond donors (Lipinski definition) is 3. The lowest BCUT2D eigenvalue weighted by molar-refractivity contribution is -0.121. The number of nitrogens with two attached hydrogens (primary N) is 1. The molecule has 0 aliphatic heterocycles. The van der Waals surface area contributed by atoms with Gasteiger partial charge in [0.2, 0.25) is 15.9 Å². The van der Waals surface area contributed by atoms with Crippen LogP contribution >= 0.6 is 15.9 Å². The SMILES string of the molecule is CC(CN)CNC(=O)CCNS(=O)(=O)c1ccc(Br)cc1. The van der Waals surface area contributed by atoms with Crippen LogP contribution in [0.2, 0.25) is 0 Å². The maximum absolute atomic E-state index is 12.0. The number of carbonyl (C=O) groups excluding carboxylic acids is 1. The van der Waals surface area contributed by atoms with Crippen molar-refractivity contribution in [2.75, 3.05) is 19.6 Å². The summed E-state index contributed by atoms with van der Waals surface area (Å²) < 4.78 is 27.1. The Morgan fingerprint density at radius 3 is 2.52 bits per heavy atom. The summed E-state index contributed by atoms with van der Waals surface area (Å²) in [6.07, 6.45) is 0.0903. The highest BCUT2D eigenvalue weighted by molar-refractivity contribution is 9.10. The largest absolute Gasteiger partial charge is 0.356 e. The van der Waals surface area contributed by atoms with Crippen LogP contribution in [-0.2, 0) is 14.8 Å². The zero-order valence-corrected chi connectivity index (χ0v) is 14.2. The number of hydrogen-bond acceptors (Lipinski definition) is 4. The molecule has 0 saturated carbocycles. The van der Waals surface area contributed by atoms with Gasteiger partial charge in [0.15, 0.2) is 0 Å². The Bertz CT molecular complexity index is 561. The van der Waals surface area contributed by atoms with Crippen molar-refractivity contribution >= 4 is 31.9 Å². The van der Waals surface area contributed by atoms with E-state index in [1.165, 1.54) is 12.1 Å². The Morgan fingerprint density at radius 2 is 1.95 bits per heavy atom. The number of rotatable bonds is 8. The van der Waals surface area contributed by atoms with Gasteiger partial charge in [-0.05, 0) is 36.7 Å². The van der Waals surface area contributed by atoms with Gasteiger partial charge < -0.3 is 11.1 Å². The lowest BCUT2D eigenvalue weighted by atomic mass is 10.2. The van der Waals surface area contributed by atoms with E-state index in [-0.39, 0.29) is 29.7 Å². The first-order valence-corrected chi connectivity index (χ1v) is 8.84. The molecule has 4 N–H and O–H groups in total. The summed E-state index contributed by atoms with van der Waals surface area (Å²) in [5.74, 6) is 0.00205. The molecule has 0 aliphatic carbocycles. The molecule has 0 heterocycles. The van der Waals surface area contributed by atoms with E-state index in [0.29, 0.717) is 13.1 Å². The molecule has 0 aliphatic rings. The van der Waals surface area contributed by atoms with Crippen molar-refractivity contribution in [1.82, 2.24) is 10.0 Å². The van der Waals surface area contributed by atoms with E-state index in [1.807, 2.05) is 6.92 Å². The van der Waals surface area contributed by atoms with Gasteiger partial charge in [-0.2, -0.15) is 0 Å². The molecule has 0 fully saturated rings. The van der Waals surface area contributed by atoms with E-state index < -0.39 is 10.0 Å². The summed E-state index contributed by atoms with van der Waals surface area (Å²) in [5, 5.41) is 2.71. The van der Waals surface area contributed by atoms with Crippen LogP contribution < -0.4 is 15.8 Å². The van der Waals surface area contributed by atoms with Crippen LogP contribution in [0.4, 0.5) is 0 Å². The minimum atomic E-state index is -3.58. The number of halogens is 1. The van der Waals surface area contributed by atoms with Crippen LogP contribution in [0, 0.1) is 5.92 Å². The lowest BCUT2D eigenvalue weighted by Gasteiger charge is -2.10. The molecule has 0 radical (unpaired) electrons. The van der Waals surface area contributed by atoms with E-state index in [9.17, 15) is 13.2 Å². The van der Waals surface area contributed by atoms with Gasteiger partial charge in [0.05, 0.1) is 4.90 Å². The summed E-state index contributed by atoms with van der Waals surface area (Å²) >= 11 is 3.24. The zero-order chi connectivity index (χ0) is 15.9. The van der Waals surface area contributed by atoms with E-state index in [2.05, 4.69) is 26.0 Å². The third-order valence-electron chi connectivity index (χ3n) is 2.82. The molecular weight excluding hydrogens is 358 g/mol. The van der Waals surface area contributed by atoms with E-state index in [1.54, 1.807) is 12.1 Å². The second-order valence-corrected chi connectivity index (χ2v) is 7.43. The second kappa shape index (κ2) is 8.47. The average Bonchev–Trinajstić information content (AvgIpc) is 2.45. The highest BCUT2D eigenvalue weighted by atomic mass is 79.9. The zero-order valence-electron chi connectivity index (χ0n) is 11.8. The van der Waals surface area contributed by atoms with Crippen LogP contribution in [-0.4, -0.2) is 34.0 Å². The van der Waals surface area contributed by atoms with Crippen molar-refractivity contribution in [2.45, 2.75) is 18.2 Å². The number of amides is 1.